The molecule has 0 aromatic carbocycles. The van der Waals surface area contributed by atoms with Crippen LogP contribution >= 0.6 is 0 Å². The monoisotopic (exact) mass is 353 g/mol. The molecule has 134 valence electrons. The Balaban J connectivity index is 1.39. The molecular formula is C18H19N5O3. The second-order valence-electron chi connectivity index (χ2n) is 6.36. The van der Waals surface area contributed by atoms with E-state index in [9.17, 15) is 4.79 Å². The second kappa shape index (κ2) is 7.07. The number of rotatable bonds is 5. The van der Waals surface area contributed by atoms with Gasteiger partial charge in [-0.1, -0.05) is 10.3 Å². The molecule has 1 atom stereocenters. The maximum absolute atomic E-state index is 12.7. The molecule has 1 aliphatic rings. The van der Waals surface area contributed by atoms with Gasteiger partial charge in [0.05, 0.1) is 11.7 Å². The molecule has 3 aromatic heterocycles. The van der Waals surface area contributed by atoms with Crippen LogP contribution in [0.25, 0.3) is 11.4 Å². The Morgan fingerprint density at radius 3 is 2.88 bits per heavy atom. The fourth-order valence-electron chi connectivity index (χ4n) is 3.23. The summed E-state index contributed by atoms with van der Waals surface area (Å²) in [6.45, 7) is 2.61. The van der Waals surface area contributed by atoms with Crippen LogP contribution in [-0.4, -0.2) is 37.6 Å². The van der Waals surface area contributed by atoms with Gasteiger partial charge in [0.15, 0.2) is 5.76 Å². The van der Waals surface area contributed by atoms with Gasteiger partial charge in [0.1, 0.15) is 0 Å². The van der Waals surface area contributed by atoms with E-state index in [4.69, 9.17) is 9.05 Å². The minimum atomic E-state index is -0.0289. The van der Waals surface area contributed by atoms with Crippen molar-refractivity contribution in [3.05, 3.63) is 47.9 Å². The molecule has 1 fully saturated rings. The fraction of sp³-hybridized carbons (Fsp3) is 0.389. The lowest BCUT2D eigenvalue weighted by Gasteiger charge is -2.22. The number of pyridine rings is 1. The number of carbonyl (C=O) groups excluding carboxylic acids is 1. The number of carbonyl (C=O) groups is 1. The zero-order chi connectivity index (χ0) is 17.9. The van der Waals surface area contributed by atoms with Gasteiger partial charge < -0.3 is 13.9 Å². The smallest absolute Gasteiger partial charge is 0.227 e. The van der Waals surface area contributed by atoms with Crippen LogP contribution in [0.1, 0.15) is 42.6 Å². The molecule has 8 heteroatoms. The number of likely N-dealkylation sites (tertiary alicyclic amines) is 1. The summed E-state index contributed by atoms with van der Waals surface area (Å²) in [6.07, 6.45) is 5.94. The summed E-state index contributed by atoms with van der Waals surface area (Å²) in [5, 5.41) is 7.89. The van der Waals surface area contributed by atoms with Crippen molar-refractivity contribution in [2.24, 2.45) is 0 Å². The highest BCUT2D eigenvalue weighted by Gasteiger charge is 2.32. The van der Waals surface area contributed by atoms with Crippen LogP contribution in [0.2, 0.25) is 0 Å². The third-order valence-electron chi connectivity index (χ3n) is 4.51. The molecule has 0 bridgehead atoms. The molecule has 1 amide bonds. The first-order chi connectivity index (χ1) is 12.7. The standard InChI is InChI=1S/C18H19N5O3/c1-12-11-15(25-21-12)14-3-2-10-23(14)17(24)5-4-16-20-18(22-26-16)13-6-8-19-9-7-13/h6-9,11,14H,2-5,10H2,1H3. The molecule has 0 N–H and O–H groups in total. The van der Waals surface area contributed by atoms with Gasteiger partial charge in [0.2, 0.25) is 17.6 Å². The van der Waals surface area contributed by atoms with E-state index in [0.717, 1.165) is 36.4 Å². The first kappa shape index (κ1) is 16.4. The Morgan fingerprint density at radius 2 is 2.12 bits per heavy atom. The van der Waals surface area contributed by atoms with Crippen molar-refractivity contribution >= 4 is 5.91 Å². The van der Waals surface area contributed by atoms with E-state index in [0.29, 0.717) is 24.6 Å². The second-order valence-corrected chi connectivity index (χ2v) is 6.36. The molecule has 0 radical (unpaired) electrons. The molecule has 3 aromatic rings. The molecular weight excluding hydrogens is 334 g/mol. The first-order valence-corrected chi connectivity index (χ1v) is 8.66. The molecule has 8 nitrogen and oxygen atoms in total. The summed E-state index contributed by atoms with van der Waals surface area (Å²) in [5.41, 5.74) is 1.66. The predicted molar refractivity (Wildman–Crippen MR) is 90.8 cm³/mol. The fourth-order valence-corrected chi connectivity index (χ4v) is 3.23. The molecule has 0 aliphatic carbocycles. The topological polar surface area (TPSA) is 98.2 Å². The molecule has 4 heterocycles. The van der Waals surface area contributed by atoms with Crippen LogP contribution in [-0.2, 0) is 11.2 Å². The van der Waals surface area contributed by atoms with Crippen molar-refractivity contribution < 1.29 is 13.8 Å². The van der Waals surface area contributed by atoms with Crippen LogP contribution < -0.4 is 0 Å². The average Bonchev–Trinajstić information content (AvgIpc) is 3.40. The number of nitrogens with zero attached hydrogens (tertiary/aromatic N) is 5. The third kappa shape index (κ3) is 3.35. The summed E-state index contributed by atoms with van der Waals surface area (Å²) in [6, 6.07) is 5.50. The Labute approximate surface area is 150 Å². The van der Waals surface area contributed by atoms with Gasteiger partial charge >= 0.3 is 0 Å². The lowest BCUT2D eigenvalue weighted by atomic mass is 10.1. The highest BCUT2D eigenvalue weighted by molar-refractivity contribution is 5.77. The number of aromatic nitrogens is 4. The van der Waals surface area contributed by atoms with Gasteiger partial charge in [-0.3, -0.25) is 9.78 Å². The van der Waals surface area contributed by atoms with Crippen LogP contribution in [0.15, 0.2) is 39.6 Å². The van der Waals surface area contributed by atoms with Crippen LogP contribution in [0.4, 0.5) is 0 Å². The van der Waals surface area contributed by atoms with Crippen molar-refractivity contribution in [3.63, 3.8) is 0 Å². The number of hydrogen-bond donors (Lipinski definition) is 0. The van der Waals surface area contributed by atoms with Gasteiger partial charge in [-0.15, -0.1) is 0 Å². The van der Waals surface area contributed by atoms with Crippen molar-refractivity contribution in [1.29, 1.82) is 0 Å². The van der Waals surface area contributed by atoms with Gasteiger partial charge in [-0.05, 0) is 31.9 Å². The molecule has 1 aliphatic heterocycles. The molecule has 26 heavy (non-hydrogen) atoms. The van der Waals surface area contributed by atoms with Gasteiger partial charge in [-0.25, -0.2) is 0 Å². The largest absolute Gasteiger partial charge is 0.359 e. The molecule has 1 saturated heterocycles. The summed E-state index contributed by atoms with van der Waals surface area (Å²) < 4.78 is 10.6. The maximum Gasteiger partial charge on any atom is 0.227 e. The normalized spacial score (nSPS) is 17.0. The predicted octanol–water partition coefficient (Wildman–Crippen LogP) is 2.72. The zero-order valence-electron chi connectivity index (χ0n) is 14.5. The third-order valence-corrected chi connectivity index (χ3v) is 4.51. The minimum Gasteiger partial charge on any atom is -0.359 e. The van der Waals surface area contributed by atoms with Crippen molar-refractivity contribution in [2.45, 2.75) is 38.6 Å². The quantitative estimate of drug-likeness (QED) is 0.695. The van der Waals surface area contributed by atoms with Crippen molar-refractivity contribution in [3.8, 4) is 11.4 Å². The number of hydrogen-bond acceptors (Lipinski definition) is 7. The lowest BCUT2D eigenvalue weighted by molar-refractivity contribution is -0.132. The van der Waals surface area contributed by atoms with Gasteiger partial charge in [-0.2, -0.15) is 4.98 Å². The Kier molecular flexibility index (Phi) is 4.47. The zero-order valence-corrected chi connectivity index (χ0v) is 14.5. The van der Waals surface area contributed by atoms with E-state index in [1.807, 2.05) is 30.0 Å². The number of amides is 1. The van der Waals surface area contributed by atoms with E-state index < -0.39 is 0 Å². The van der Waals surface area contributed by atoms with Gasteiger partial charge in [0.25, 0.3) is 0 Å². The molecule has 0 spiro atoms. The molecule has 1 unspecified atom stereocenters. The highest BCUT2D eigenvalue weighted by Crippen LogP contribution is 2.32. The van der Waals surface area contributed by atoms with Gasteiger partial charge in [0, 0.05) is 43.4 Å². The van der Waals surface area contributed by atoms with Crippen molar-refractivity contribution in [1.82, 2.24) is 25.2 Å². The summed E-state index contributed by atoms with van der Waals surface area (Å²) in [4.78, 5) is 22.8. The van der Waals surface area contributed by atoms with E-state index in [1.165, 1.54) is 0 Å². The average molecular weight is 353 g/mol. The first-order valence-electron chi connectivity index (χ1n) is 8.66. The van der Waals surface area contributed by atoms with Crippen molar-refractivity contribution in [2.75, 3.05) is 6.54 Å². The summed E-state index contributed by atoms with van der Waals surface area (Å²) in [7, 11) is 0. The van der Waals surface area contributed by atoms with Crippen LogP contribution in [0, 0.1) is 6.92 Å². The minimum absolute atomic E-state index is 0.0289. The highest BCUT2D eigenvalue weighted by atomic mass is 16.5. The lowest BCUT2D eigenvalue weighted by Crippen LogP contribution is -2.30. The van der Waals surface area contributed by atoms with Crippen LogP contribution in [0.3, 0.4) is 0 Å². The Bertz CT molecular complexity index is 889. The van der Waals surface area contributed by atoms with Crippen LogP contribution in [0.5, 0.6) is 0 Å². The SMILES string of the molecule is Cc1cc(C2CCCN2C(=O)CCc2nc(-c3ccncc3)no2)on1. The Hall–Kier alpha value is -3.03. The van der Waals surface area contributed by atoms with E-state index >= 15 is 0 Å². The molecule has 4 rings (SSSR count). The Morgan fingerprint density at radius 1 is 1.27 bits per heavy atom. The van der Waals surface area contributed by atoms with E-state index in [-0.39, 0.29) is 11.9 Å². The van der Waals surface area contributed by atoms with E-state index in [2.05, 4.69) is 20.3 Å². The van der Waals surface area contributed by atoms with E-state index in [1.54, 1.807) is 12.4 Å². The summed E-state index contributed by atoms with van der Waals surface area (Å²) >= 11 is 0. The number of aryl methyl sites for hydroxylation is 2. The molecule has 0 saturated carbocycles. The maximum atomic E-state index is 12.7. The summed E-state index contributed by atoms with van der Waals surface area (Å²) in [5.74, 6) is 1.78.